The van der Waals surface area contributed by atoms with E-state index < -0.39 is 29.6 Å². The monoisotopic (exact) mass is 602 g/mol. The van der Waals surface area contributed by atoms with Gasteiger partial charge in [0.05, 0.1) is 31.0 Å². The Morgan fingerprint density at radius 2 is 1.75 bits per heavy atom. The Labute approximate surface area is 253 Å². The van der Waals surface area contributed by atoms with Gasteiger partial charge in [-0.1, -0.05) is 36.4 Å². The molecule has 1 aromatic heterocycles. The number of cyclic esters (lactones) is 2. The van der Waals surface area contributed by atoms with E-state index in [1.807, 2.05) is 36.4 Å². The lowest BCUT2D eigenvalue weighted by Gasteiger charge is -2.28. The van der Waals surface area contributed by atoms with Crippen molar-refractivity contribution in [2.24, 2.45) is 5.92 Å². The average Bonchev–Trinajstić information content (AvgIpc) is 3.81. The highest BCUT2D eigenvalue weighted by Crippen LogP contribution is 2.47. The van der Waals surface area contributed by atoms with Crippen LogP contribution in [-0.4, -0.2) is 76.2 Å². The second kappa shape index (κ2) is 12.1. The molecule has 13 nitrogen and oxygen atoms in total. The Balaban J connectivity index is 1.27. The topological polar surface area (TPSA) is 151 Å². The lowest BCUT2D eigenvalue weighted by atomic mass is 9.82. The molecule has 2 atom stereocenters. The van der Waals surface area contributed by atoms with Crippen molar-refractivity contribution in [3.8, 4) is 0 Å². The SMILES string of the molecule is C[C@@H](/C=C/CCn1cc(CCO)nn1)[C@]1(O)C(=O)N(Cc2cccc(N3CCOC3=O)c2)c2ccc(N3CCOC3=O)cc21. The molecule has 0 spiro atoms. The van der Waals surface area contributed by atoms with E-state index in [4.69, 9.17) is 14.6 Å². The van der Waals surface area contributed by atoms with E-state index >= 15 is 0 Å². The summed E-state index contributed by atoms with van der Waals surface area (Å²) in [5.74, 6) is -1.10. The first kappa shape index (κ1) is 29.3. The number of aliphatic hydroxyl groups is 2. The van der Waals surface area contributed by atoms with Crippen LogP contribution in [0.25, 0.3) is 0 Å². The van der Waals surface area contributed by atoms with E-state index in [2.05, 4.69) is 10.3 Å². The molecule has 6 rings (SSSR count). The highest BCUT2D eigenvalue weighted by molar-refractivity contribution is 6.08. The highest BCUT2D eigenvalue weighted by Gasteiger charge is 2.53. The number of hydrogen-bond donors (Lipinski definition) is 2. The Kier molecular flexibility index (Phi) is 8.06. The molecule has 3 aliphatic heterocycles. The first-order valence-corrected chi connectivity index (χ1v) is 14.6. The van der Waals surface area contributed by atoms with Crippen molar-refractivity contribution in [2.45, 2.75) is 38.5 Å². The van der Waals surface area contributed by atoms with Gasteiger partial charge in [-0.05, 0) is 42.3 Å². The summed E-state index contributed by atoms with van der Waals surface area (Å²) in [4.78, 5) is 43.2. The second-order valence-electron chi connectivity index (χ2n) is 11.0. The minimum absolute atomic E-state index is 0.000384. The minimum atomic E-state index is -1.90. The summed E-state index contributed by atoms with van der Waals surface area (Å²) < 4.78 is 11.9. The summed E-state index contributed by atoms with van der Waals surface area (Å²) in [5.41, 5.74) is 1.73. The van der Waals surface area contributed by atoms with E-state index in [0.29, 0.717) is 67.4 Å². The molecular formula is C31H34N6O7. The van der Waals surface area contributed by atoms with Crippen LogP contribution in [0, 0.1) is 5.92 Å². The van der Waals surface area contributed by atoms with Gasteiger partial charge < -0.3 is 24.6 Å². The van der Waals surface area contributed by atoms with Gasteiger partial charge in [-0.15, -0.1) is 5.10 Å². The van der Waals surface area contributed by atoms with Gasteiger partial charge in [0.2, 0.25) is 0 Å². The smallest absolute Gasteiger partial charge is 0.414 e. The summed E-state index contributed by atoms with van der Waals surface area (Å²) >= 11 is 0. The van der Waals surface area contributed by atoms with Gasteiger partial charge in [-0.3, -0.25) is 19.3 Å². The maximum absolute atomic E-state index is 14.1. The van der Waals surface area contributed by atoms with Crippen molar-refractivity contribution in [3.63, 3.8) is 0 Å². The van der Waals surface area contributed by atoms with Crippen molar-refractivity contribution in [2.75, 3.05) is 47.6 Å². The minimum Gasteiger partial charge on any atom is -0.447 e. The van der Waals surface area contributed by atoms with Crippen LogP contribution in [0.3, 0.4) is 0 Å². The van der Waals surface area contributed by atoms with Crippen molar-refractivity contribution < 1.29 is 34.1 Å². The number of rotatable bonds is 11. The van der Waals surface area contributed by atoms with Gasteiger partial charge in [0.1, 0.15) is 13.2 Å². The number of fused-ring (bicyclic) bond motifs is 1. The number of anilines is 3. The number of ether oxygens (including phenoxy) is 2. The predicted octanol–water partition coefficient (Wildman–Crippen LogP) is 2.74. The fourth-order valence-corrected chi connectivity index (χ4v) is 5.84. The Bertz CT molecular complexity index is 1610. The molecule has 0 aliphatic carbocycles. The molecule has 2 aromatic carbocycles. The van der Waals surface area contributed by atoms with Crippen molar-refractivity contribution in [3.05, 3.63) is 77.6 Å². The number of benzene rings is 2. The standard InChI is InChI=1S/C31H34N6O7/c1-21(5-2-3-11-34-20-23(10-14-38)32-33-34)31(42)26-18-25(36-13-16-44-30(36)41)8-9-27(26)37(28(31)39)19-22-6-4-7-24(17-22)35-12-15-43-29(35)40/h2,4-9,17-18,20-21,38,42H,3,10-16,19H2,1H3/b5-2+/t21-,31+/m0/s1. The van der Waals surface area contributed by atoms with Crippen molar-refractivity contribution >= 4 is 35.2 Å². The lowest BCUT2D eigenvalue weighted by molar-refractivity contribution is -0.139. The average molecular weight is 603 g/mol. The number of amides is 3. The maximum atomic E-state index is 14.1. The molecule has 0 bridgehead atoms. The third-order valence-corrected chi connectivity index (χ3v) is 8.21. The van der Waals surface area contributed by atoms with Crippen molar-refractivity contribution in [1.29, 1.82) is 0 Å². The molecule has 0 radical (unpaired) electrons. The van der Waals surface area contributed by atoms with Crippen LogP contribution in [-0.2, 0) is 39.4 Å². The number of aliphatic hydroxyl groups excluding tert-OH is 1. The van der Waals surface area contributed by atoms with Gasteiger partial charge in [-0.25, -0.2) is 9.59 Å². The molecular weight excluding hydrogens is 568 g/mol. The molecule has 3 aromatic rings. The number of carbonyl (C=O) groups is 3. The molecule has 0 unspecified atom stereocenters. The van der Waals surface area contributed by atoms with Gasteiger partial charge in [0.25, 0.3) is 5.91 Å². The lowest BCUT2D eigenvalue weighted by Crippen LogP contribution is -2.44. The van der Waals surface area contributed by atoms with E-state index in [-0.39, 0.29) is 19.8 Å². The predicted molar refractivity (Wildman–Crippen MR) is 159 cm³/mol. The van der Waals surface area contributed by atoms with Gasteiger partial charge >= 0.3 is 12.2 Å². The molecule has 13 heteroatoms. The molecule has 0 saturated carbocycles. The van der Waals surface area contributed by atoms with Crippen LogP contribution in [0.2, 0.25) is 0 Å². The number of aromatic nitrogens is 3. The third-order valence-electron chi connectivity index (χ3n) is 8.21. The van der Waals surface area contributed by atoms with E-state index in [1.54, 1.807) is 45.8 Å². The Hall–Kier alpha value is -4.75. The first-order valence-electron chi connectivity index (χ1n) is 14.6. The summed E-state index contributed by atoms with van der Waals surface area (Å²) in [5, 5.41) is 29.4. The number of carbonyl (C=O) groups excluding carboxylic acids is 3. The van der Waals surface area contributed by atoms with E-state index in [9.17, 15) is 19.5 Å². The van der Waals surface area contributed by atoms with Gasteiger partial charge in [-0.2, -0.15) is 0 Å². The maximum Gasteiger partial charge on any atom is 0.414 e. The molecule has 2 saturated heterocycles. The molecule has 2 fully saturated rings. The quantitative estimate of drug-likeness (QED) is 0.316. The zero-order valence-corrected chi connectivity index (χ0v) is 24.3. The van der Waals surface area contributed by atoms with Crippen molar-refractivity contribution in [1.82, 2.24) is 15.0 Å². The number of aryl methyl sites for hydroxylation is 1. The second-order valence-corrected chi connectivity index (χ2v) is 11.0. The van der Waals surface area contributed by atoms with Crippen LogP contribution in [0.4, 0.5) is 26.7 Å². The molecule has 4 heterocycles. The fraction of sp³-hybridized carbons (Fsp3) is 0.387. The summed E-state index contributed by atoms with van der Waals surface area (Å²) in [6.45, 7) is 3.88. The van der Waals surface area contributed by atoms with Gasteiger partial charge in [0.15, 0.2) is 5.60 Å². The van der Waals surface area contributed by atoms with Crippen LogP contribution < -0.4 is 14.7 Å². The normalized spacial score (nSPS) is 20.5. The highest BCUT2D eigenvalue weighted by atomic mass is 16.6. The molecule has 44 heavy (non-hydrogen) atoms. The summed E-state index contributed by atoms with van der Waals surface area (Å²) in [6, 6.07) is 12.5. The number of nitrogens with zero attached hydrogens (tertiary/aromatic N) is 6. The first-order chi connectivity index (χ1) is 21.3. The van der Waals surface area contributed by atoms with E-state index in [0.717, 1.165) is 5.56 Å². The number of hydrogen-bond acceptors (Lipinski definition) is 9. The zero-order valence-electron chi connectivity index (χ0n) is 24.3. The molecule has 230 valence electrons. The van der Waals surface area contributed by atoms with E-state index in [1.165, 1.54) is 4.90 Å². The Morgan fingerprint density at radius 1 is 1.02 bits per heavy atom. The largest absolute Gasteiger partial charge is 0.447 e. The molecule has 3 aliphatic rings. The van der Waals surface area contributed by atoms with Gasteiger partial charge in [0, 0.05) is 48.6 Å². The number of allylic oxidation sites excluding steroid dienone is 1. The fourth-order valence-electron chi connectivity index (χ4n) is 5.84. The van der Waals surface area contributed by atoms with Crippen LogP contribution in [0.5, 0.6) is 0 Å². The molecule has 3 amide bonds. The Morgan fingerprint density at radius 3 is 2.43 bits per heavy atom. The van der Waals surface area contributed by atoms with Crippen LogP contribution in [0.1, 0.15) is 30.2 Å². The third kappa shape index (κ3) is 5.40. The van der Waals surface area contributed by atoms with Crippen LogP contribution in [0.15, 0.2) is 60.8 Å². The zero-order chi connectivity index (χ0) is 30.8. The van der Waals surface area contributed by atoms with Crippen LogP contribution >= 0.6 is 0 Å². The summed E-state index contributed by atoms with van der Waals surface area (Å²) in [6.07, 6.45) is 5.61. The summed E-state index contributed by atoms with van der Waals surface area (Å²) in [7, 11) is 0. The molecule has 2 N–H and O–H groups in total.